The van der Waals surface area contributed by atoms with Crippen LogP contribution in [0, 0.1) is 11.8 Å². The van der Waals surface area contributed by atoms with E-state index in [0.29, 0.717) is 0 Å². The molecule has 2 unspecified atom stereocenters. The molecule has 12 heavy (non-hydrogen) atoms. The fraction of sp³-hybridized carbons (Fsp3) is 0.636. The summed E-state index contributed by atoms with van der Waals surface area (Å²) in [6, 6.07) is 0. The topological polar surface area (TPSA) is 26.0 Å². The summed E-state index contributed by atoms with van der Waals surface area (Å²) < 4.78 is 0. The number of allylic oxidation sites excluding steroid dienone is 3. The number of hydrogen-bond acceptors (Lipinski definition) is 1. The van der Waals surface area contributed by atoms with Crippen LogP contribution in [-0.4, -0.2) is 0 Å². The first kappa shape index (κ1) is 9.37. The van der Waals surface area contributed by atoms with E-state index in [1.165, 1.54) is 19.3 Å². The Hall–Kier alpha value is -0.720. The Balaban J connectivity index is 2.34. The molecule has 2 atom stereocenters. The normalized spacial score (nSPS) is 28.8. The second-order valence-corrected chi connectivity index (χ2v) is 3.84. The van der Waals surface area contributed by atoms with Crippen LogP contribution in [0.15, 0.2) is 24.4 Å². The maximum atomic E-state index is 5.54. The molecular formula is C11H19N. The number of nitrogens with two attached hydrogens (primary N) is 1. The minimum Gasteiger partial charge on any atom is -0.403 e. The van der Waals surface area contributed by atoms with Crippen LogP contribution >= 0.6 is 0 Å². The van der Waals surface area contributed by atoms with E-state index in [1.807, 2.05) is 0 Å². The summed E-state index contributed by atoms with van der Waals surface area (Å²) in [7, 11) is 0. The van der Waals surface area contributed by atoms with Gasteiger partial charge < -0.3 is 5.73 Å². The van der Waals surface area contributed by atoms with Gasteiger partial charge in [0.05, 0.1) is 0 Å². The zero-order chi connectivity index (χ0) is 8.97. The van der Waals surface area contributed by atoms with Crippen molar-refractivity contribution < 1.29 is 0 Å². The average molecular weight is 165 g/mol. The van der Waals surface area contributed by atoms with Crippen molar-refractivity contribution in [2.45, 2.75) is 32.6 Å². The van der Waals surface area contributed by atoms with E-state index in [9.17, 15) is 0 Å². The molecule has 1 rings (SSSR count). The van der Waals surface area contributed by atoms with Crippen LogP contribution in [0.2, 0.25) is 0 Å². The Morgan fingerprint density at radius 3 is 3.00 bits per heavy atom. The fourth-order valence-corrected chi connectivity index (χ4v) is 1.77. The molecule has 0 bridgehead atoms. The van der Waals surface area contributed by atoms with Crippen molar-refractivity contribution in [3.05, 3.63) is 24.4 Å². The molecule has 0 radical (unpaired) electrons. The van der Waals surface area contributed by atoms with Crippen LogP contribution in [0.1, 0.15) is 32.6 Å². The zero-order valence-corrected chi connectivity index (χ0v) is 7.92. The van der Waals surface area contributed by atoms with Crippen LogP contribution in [0.4, 0.5) is 0 Å². The standard InChI is InChI=1S/C11H19N/c1-9-5-3-4-6-11(9)8-7-10(2)12/h4,6,9,11H,2-3,5,7-8,12H2,1H3. The lowest BCUT2D eigenvalue weighted by Crippen LogP contribution is -2.13. The van der Waals surface area contributed by atoms with E-state index < -0.39 is 0 Å². The third kappa shape index (κ3) is 2.72. The smallest absolute Gasteiger partial charge is 0.000766 e. The summed E-state index contributed by atoms with van der Waals surface area (Å²) in [6.07, 6.45) is 9.37. The monoisotopic (exact) mass is 165 g/mol. The van der Waals surface area contributed by atoms with Crippen molar-refractivity contribution in [2.24, 2.45) is 17.6 Å². The van der Waals surface area contributed by atoms with Gasteiger partial charge in [-0.25, -0.2) is 0 Å². The first-order valence-electron chi connectivity index (χ1n) is 4.80. The molecule has 0 aromatic heterocycles. The molecule has 0 aliphatic heterocycles. The van der Waals surface area contributed by atoms with Gasteiger partial charge in [0.25, 0.3) is 0 Å². The molecule has 0 amide bonds. The van der Waals surface area contributed by atoms with Gasteiger partial charge in [0.1, 0.15) is 0 Å². The van der Waals surface area contributed by atoms with Crippen LogP contribution in [0.3, 0.4) is 0 Å². The SMILES string of the molecule is C=C(N)CCC1C=CCCC1C. The van der Waals surface area contributed by atoms with Gasteiger partial charge in [-0.2, -0.15) is 0 Å². The second kappa shape index (κ2) is 4.34. The van der Waals surface area contributed by atoms with E-state index in [1.54, 1.807) is 0 Å². The predicted octanol–water partition coefficient (Wildman–Crippen LogP) is 2.84. The molecule has 68 valence electrons. The van der Waals surface area contributed by atoms with Crippen molar-refractivity contribution >= 4 is 0 Å². The Kier molecular flexibility index (Phi) is 3.39. The lowest BCUT2D eigenvalue weighted by atomic mass is 9.82. The van der Waals surface area contributed by atoms with E-state index in [2.05, 4.69) is 25.7 Å². The summed E-state index contributed by atoms with van der Waals surface area (Å²) in [5, 5.41) is 0. The first-order chi connectivity index (χ1) is 5.70. The van der Waals surface area contributed by atoms with Gasteiger partial charge >= 0.3 is 0 Å². The maximum Gasteiger partial charge on any atom is 0.000766 e. The highest BCUT2D eigenvalue weighted by atomic mass is 14.6. The van der Waals surface area contributed by atoms with Gasteiger partial charge in [0, 0.05) is 5.70 Å². The molecular weight excluding hydrogens is 146 g/mol. The lowest BCUT2D eigenvalue weighted by Gasteiger charge is -2.23. The van der Waals surface area contributed by atoms with Gasteiger partial charge in [0.2, 0.25) is 0 Å². The van der Waals surface area contributed by atoms with E-state index in [-0.39, 0.29) is 0 Å². The van der Waals surface area contributed by atoms with Crippen molar-refractivity contribution in [2.75, 3.05) is 0 Å². The summed E-state index contributed by atoms with van der Waals surface area (Å²) in [6.45, 7) is 6.05. The molecule has 0 saturated carbocycles. The Morgan fingerprint density at radius 2 is 2.42 bits per heavy atom. The highest BCUT2D eigenvalue weighted by molar-refractivity contribution is 4.98. The molecule has 0 saturated heterocycles. The lowest BCUT2D eigenvalue weighted by molar-refractivity contribution is 0.366. The Bertz CT molecular complexity index is 181. The minimum atomic E-state index is 0.735. The quantitative estimate of drug-likeness (QED) is 0.639. The average Bonchev–Trinajstić information content (AvgIpc) is 2.03. The molecule has 1 nitrogen and oxygen atoms in total. The van der Waals surface area contributed by atoms with Gasteiger partial charge in [-0.05, 0) is 37.5 Å². The van der Waals surface area contributed by atoms with Crippen molar-refractivity contribution in [1.82, 2.24) is 0 Å². The van der Waals surface area contributed by atoms with Gasteiger partial charge in [-0.15, -0.1) is 0 Å². The van der Waals surface area contributed by atoms with E-state index in [4.69, 9.17) is 5.73 Å². The van der Waals surface area contributed by atoms with Crippen molar-refractivity contribution in [3.63, 3.8) is 0 Å². The maximum absolute atomic E-state index is 5.54. The zero-order valence-electron chi connectivity index (χ0n) is 7.92. The molecule has 1 aliphatic carbocycles. The molecule has 1 heteroatoms. The predicted molar refractivity (Wildman–Crippen MR) is 53.6 cm³/mol. The number of rotatable bonds is 3. The van der Waals surface area contributed by atoms with Crippen molar-refractivity contribution in [3.8, 4) is 0 Å². The molecule has 0 heterocycles. The molecule has 1 aliphatic rings. The third-order valence-corrected chi connectivity index (χ3v) is 2.70. The summed E-state index contributed by atoms with van der Waals surface area (Å²) >= 11 is 0. The van der Waals surface area contributed by atoms with Gasteiger partial charge in [-0.3, -0.25) is 0 Å². The molecule has 0 spiro atoms. The van der Waals surface area contributed by atoms with Crippen LogP contribution in [0.5, 0.6) is 0 Å². The minimum absolute atomic E-state index is 0.735. The van der Waals surface area contributed by atoms with Crippen LogP contribution in [-0.2, 0) is 0 Å². The first-order valence-corrected chi connectivity index (χ1v) is 4.80. The summed E-state index contributed by atoms with van der Waals surface area (Å²) in [5.74, 6) is 1.56. The van der Waals surface area contributed by atoms with Crippen molar-refractivity contribution in [1.29, 1.82) is 0 Å². The molecule has 2 N–H and O–H groups in total. The summed E-state index contributed by atoms with van der Waals surface area (Å²) in [4.78, 5) is 0. The molecule has 0 aromatic carbocycles. The van der Waals surface area contributed by atoms with E-state index in [0.717, 1.165) is 24.0 Å². The third-order valence-electron chi connectivity index (χ3n) is 2.70. The van der Waals surface area contributed by atoms with Gasteiger partial charge in [-0.1, -0.05) is 25.7 Å². The largest absolute Gasteiger partial charge is 0.403 e. The summed E-state index contributed by atoms with van der Waals surface area (Å²) in [5.41, 5.74) is 6.36. The Labute approximate surface area is 75.3 Å². The number of hydrogen-bond donors (Lipinski definition) is 1. The highest BCUT2D eigenvalue weighted by Crippen LogP contribution is 2.28. The molecule has 0 fully saturated rings. The fourth-order valence-electron chi connectivity index (χ4n) is 1.77. The van der Waals surface area contributed by atoms with Crippen LogP contribution < -0.4 is 5.73 Å². The highest BCUT2D eigenvalue weighted by Gasteiger charge is 2.16. The van der Waals surface area contributed by atoms with Gasteiger partial charge in [0.15, 0.2) is 0 Å². The molecule has 0 aromatic rings. The Morgan fingerprint density at radius 1 is 1.67 bits per heavy atom. The van der Waals surface area contributed by atoms with E-state index >= 15 is 0 Å². The van der Waals surface area contributed by atoms with Crippen LogP contribution in [0.25, 0.3) is 0 Å². The second-order valence-electron chi connectivity index (χ2n) is 3.84.